The number of phenolic OH excluding ortho intramolecular Hbond substituents is 1. The summed E-state index contributed by atoms with van der Waals surface area (Å²) in [6.45, 7) is 1.79. The lowest BCUT2D eigenvalue weighted by Gasteiger charge is -2.34. The molecule has 106 valence electrons. The lowest BCUT2D eigenvalue weighted by Crippen LogP contribution is -2.44. The van der Waals surface area contributed by atoms with E-state index in [0.29, 0.717) is 0 Å². The summed E-state index contributed by atoms with van der Waals surface area (Å²) in [5.74, 6) is -0.192. The number of nitrogens with zero attached hydrogens (tertiary/aromatic N) is 2. The largest absolute Gasteiger partial charge is 0.507 e. The van der Waals surface area contributed by atoms with Gasteiger partial charge in [0, 0.05) is 13.1 Å². The van der Waals surface area contributed by atoms with Crippen LogP contribution in [0.2, 0.25) is 0 Å². The van der Waals surface area contributed by atoms with Gasteiger partial charge in [-0.2, -0.15) is 4.31 Å². The number of aromatic hydroxyl groups is 1. The Labute approximate surface area is 114 Å². The normalized spacial score (nSPS) is 18.9. The fourth-order valence-corrected chi connectivity index (χ4v) is 3.88. The minimum atomic E-state index is -3.62. The Hall–Kier alpha value is -1.11. The molecule has 1 aromatic carbocycles. The van der Waals surface area contributed by atoms with Crippen LogP contribution in [0.4, 0.5) is 0 Å². The van der Waals surface area contributed by atoms with Gasteiger partial charge in [0.05, 0.1) is 0 Å². The Morgan fingerprint density at radius 2 is 1.84 bits per heavy atom. The van der Waals surface area contributed by atoms with Crippen molar-refractivity contribution in [3.8, 4) is 5.75 Å². The van der Waals surface area contributed by atoms with Crippen molar-refractivity contribution in [2.75, 3.05) is 27.2 Å². The monoisotopic (exact) mass is 284 g/mol. The van der Waals surface area contributed by atoms with E-state index in [4.69, 9.17) is 0 Å². The Balaban J connectivity index is 2.23. The SMILES string of the molecule is CN1CCC(N(C)S(=O)(=O)c2ccccc2O)CC1. The summed E-state index contributed by atoms with van der Waals surface area (Å²) < 4.78 is 26.4. The number of phenols is 1. The summed E-state index contributed by atoms with van der Waals surface area (Å²) in [6.07, 6.45) is 1.64. The summed E-state index contributed by atoms with van der Waals surface area (Å²) in [5.41, 5.74) is 0. The Morgan fingerprint density at radius 3 is 2.42 bits per heavy atom. The maximum atomic E-state index is 12.5. The molecule has 1 saturated heterocycles. The van der Waals surface area contributed by atoms with E-state index in [2.05, 4.69) is 4.90 Å². The molecule has 5 nitrogen and oxygen atoms in total. The zero-order valence-corrected chi connectivity index (χ0v) is 12.1. The van der Waals surface area contributed by atoms with Gasteiger partial charge >= 0.3 is 0 Å². The molecule has 0 saturated carbocycles. The Bertz CT molecular complexity index is 537. The molecule has 19 heavy (non-hydrogen) atoms. The van der Waals surface area contributed by atoms with E-state index >= 15 is 0 Å². The lowest BCUT2D eigenvalue weighted by molar-refractivity contribution is 0.197. The standard InChI is InChI=1S/C13H20N2O3S/c1-14-9-7-11(8-10-14)15(2)19(17,18)13-6-4-3-5-12(13)16/h3-6,11,16H,7-10H2,1-2H3. The Morgan fingerprint density at radius 1 is 1.26 bits per heavy atom. The van der Waals surface area contributed by atoms with Gasteiger partial charge in [0.2, 0.25) is 10.0 Å². The van der Waals surface area contributed by atoms with E-state index in [0.717, 1.165) is 25.9 Å². The fourth-order valence-electron chi connectivity index (χ4n) is 2.39. The number of piperidine rings is 1. The van der Waals surface area contributed by atoms with Gasteiger partial charge in [-0.05, 0) is 45.1 Å². The van der Waals surface area contributed by atoms with Gasteiger partial charge in [0.15, 0.2) is 0 Å². The maximum Gasteiger partial charge on any atom is 0.246 e. The highest BCUT2D eigenvalue weighted by atomic mass is 32.2. The summed E-state index contributed by atoms with van der Waals surface area (Å²) in [6, 6.07) is 6.07. The molecule has 2 rings (SSSR count). The zero-order chi connectivity index (χ0) is 14.0. The minimum Gasteiger partial charge on any atom is -0.507 e. The molecule has 0 radical (unpaired) electrons. The molecule has 6 heteroatoms. The molecule has 1 aromatic rings. The first-order valence-electron chi connectivity index (χ1n) is 6.37. The van der Waals surface area contributed by atoms with Gasteiger partial charge < -0.3 is 10.0 Å². The summed E-state index contributed by atoms with van der Waals surface area (Å²) in [7, 11) is 0.00851. The van der Waals surface area contributed by atoms with E-state index in [-0.39, 0.29) is 16.7 Å². The van der Waals surface area contributed by atoms with Gasteiger partial charge in [0.1, 0.15) is 10.6 Å². The van der Waals surface area contributed by atoms with Gasteiger partial charge in [-0.1, -0.05) is 12.1 Å². The van der Waals surface area contributed by atoms with Crippen molar-refractivity contribution in [2.45, 2.75) is 23.8 Å². The highest BCUT2D eigenvalue weighted by Gasteiger charge is 2.31. The lowest BCUT2D eigenvalue weighted by atomic mass is 10.1. The maximum absolute atomic E-state index is 12.5. The van der Waals surface area contributed by atoms with E-state index in [1.165, 1.54) is 16.4 Å². The zero-order valence-electron chi connectivity index (χ0n) is 11.3. The molecule has 0 aliphatic carbocycles. The van der Waals surface area contributed by atoms with E-state index in [9.17, 15) is 13.5 Å². The van der Waals surface area contributed by atoms with Crippen LogP contribution in [0.25, 0.3) is 0 Å². The van der Waals surface area contributed by atoms with Crippen molar-refractivity contribution in [1.82, 2.24) is 9.21 Å². The number of rotatable bonds is 3. The molecule has 0 amide bonds. The summed E-state index contributed by atoms with van der Waals surface area (Å²) >= 11 is 0. The van der Waals surface area contributed by atoms with Gasteiger partial charge in [-0.25, -0.2) is 8.42 Å². The quantitative estimate of drug-likeness (QED) is 0.903. The highest BCUT2D eigenvalue weighted by molar-refractivity contribution is 7.89. The van der Waals surface area contributed by atoms with Crippen molar-refractivity contribution in [3.63, 3.8) is 0 Å². The van der Waals surface area contributed by atoms with E-state index < -0.39 is 10.0 Å². The van der Waals surface area contributed by atoms with Crippen LogP contribution in [0.1, 0.15) is 12.8 Å². The van der Waals surface area contributed by atoms with Crippen LogP contribution in [-0.4, -0.2) is 56.0 Å². The molecule has 1 N–H and O–H groups in total. The Kier molecular flexibility index (Phi) is 4.13. The molecule has 1 aliphatic rings. The molecule has 1 fully saturated rings. The van der Waals surface area contributed by atoms with E-state index in [1.807, 2.05) is 7.05 Å². The van der Waals surface area contributed by atoms with Crippen LogP contribution < -0.4 is 0 Å². The number of likely N-dealkylation sites (tertiary alicyclic amines) is 1. The fraction of sp³-hybridized carbons (Fsp3) is 0.538. The average Bonchev–Trinajstić information content (AvgIpc) is 2.39. The van der Waals surface area contributed by atoms with Crippen LogP contribution in [0.15, 0.2) is 29.2 Å². The van der Waals surface area contributed by atoms with Gasteiger partial charge in [-0.15, -0.1) is 0 Å². The molecule has 0 spiro atoms. The highest BCUT2D eigenvalue weighted by Crippen LogP contribution is 2.27. The van der Waals surface area contributed by atoms with E-state index in [1.54, 1.807) is 19.2 Å². The van der Waals surface area contributed by atoms with Crippen LogP contribution in [0, 0.1) is 0 Å². The first kappa shape index (κ1) is 14.3. The second kappa shape index (κ2) is 5.48. The van der Waals surface area contributed by atoms with Crippen molar-refractivity contribution >= 4 is 10.0 Å². The number of hydrogen-bond donors (Lipinski definition) is 1. The van der Waals surface area contributed by atoms with Crippen LogP contribution in [0.3, 0.4) is 0 Å². The van der Waals surface area contributed by atoms with Crippen LogP contribution in [0.5, 0.6) is 5.75 Å². The smallest absolute Gasteiger partial charge is 0.246 e. The third-order valence-electron chi connectivity index (χ3n) is 3.72. The van der Waals surface area contributed by atoms with Crippen molar-refractivity contribution in [2.24, 2.45) is 0 Å². The van der Waals surface area contributed by atoms with Crippen molar-refractivity contribution in [1.29, 1.82) is 0 Å². The first-order valence-corrected chi connectivity index (χ1v) is 7.81. The van der Waals surface area contributed by atoms with Gasteiger partial charge in [0.25, 0.3) is 0 Å². The molecular weight excluding hydrogens is 264 g/mol. The summed E-state index contributed by atoms with van der Waals surface area (Å²) in [4.78, 5) is 2.17. The molecule has 1 heterocycles. The van der Waals surface area contributed by atoms with Crippen LogP contribution in [-0.2, 0) is 10.0 Å². The molecule has 1 aliphatic heterocycles. The third kappa shape index (κ3) is 2.91. The topological polar surface area (TPSA) is 60.9 Å². The first-order chi connectivity index (χ1) is 8.93. The predicted molar refractivity (Wildman–Crippen MR) is 73.6 cm³/mol. The molecule has 0 bridgehead atoms. The average molecular weight is 284 g/mol. The number of para-hydroxylation sites is 1. The number of sulfonamides is 1. The summed E-state index contributed by atoms with van der Waals surface area (Å²) in [5, 5.41) is 9.72. The predicted octanol–water partition coefficient (Wildman–Crippen LogP) is 1.11. The number of benzene rings is 1. The molecule has 0 unspecified atom stereocenters. The second-order valence-electron chi connectivity index (χ2n) is 5.02. The third-order valence-corrected chi connectivity index (χ3v) is 5.68. The van der Waals surface area contributed by atoms with Crippen molar-refractivity contribution in [3.05, 3.63) is 24.3 Å². The molecule has 0 atom stereocenters. The second-order valence-corrected chi connectivity index (χ2v) is 6.99. The number of hydrogen-bond acceptors (Lipinski definition) is 4. The van der Waals surface area contributed by atoms with Crippen molar-refractivity contribution < 1.29 is 13.5 Å². The molecule has 0 aromatic heterocycles. The van der Waals surface area contributed by atoms with Crippen LogP contribution >= 0.6 is 0 Å². The minimum absolute atomic E-state index is 0.000746. The van der Waals surface area contributed by atoms with Gasteiger partial charge in [-0.3, -0.25) is 0 Å². The molecular formula is C13H20N2O3S.